The van der Waals surface area contributed by atoms with Crippen LogP contribution in [0.3, 0.4) is 0 Å². The molecular formula is C9H14N2O2. The molecule has 4 heteroatoms. The van der Waals surface area contributed by atoms with Gasteiger partial charge in [0.25, 0.3) is 0 Å². The minimum atomic E-state index is -0.0792. The van der Waals surface area contributed by atoms with Crippen LogP contribution in [0.1, 0.15) is 26.5 Å². The summed E-state index contributed by atoms with van der Waals surface area (Å²) >= 11 is 0. The highest BCUT2D eigenvalue weighted by Gasteiger charge is 2.10. The van der Waals surface area contributed by atoms with Gasteiger partial charge in [-0.25, -0.2) is 4.98 Å². The van der Waals surface area contributed by atoms with Crippen LogP contribution in [0, 0.1) is 5.92 Å². The summed E-state index contributed by atoms with van der Waals surface area (Å²) in [7, 11) is 0. The molecule has 1 rings (SSSR count). The van der Waals surface area contributed by atoms with Crippen molar-refractivity contribution in [1.82, 2.24) is 4.98 Å². The smallest absolute Gasteiger partial charge is 0.301 e. The molecule has 1 heterocycles. The molecule has 0 aromatic carbocycles. The summed E-state index contributed by atoms with van der Waals surface area (Å²) in [6.07, 6.45) is 2.40. The normalized spacial score (nSPS) is 10.5. The number of hydrogen-bond donors (Lipinski definition) is 1. The second kappa shape index (κ2) is 4.07. The fourth-order valence-electron chi connectivity index (χ4n) is 0.778. The van der Waals surface area contributed by atoms with Gasteiger partial charge in [-0.3, -0.25) is 10.1 Å². The molecule has 0 spiro atoms. The third-order valence-corrected chi connectivity index (χ3v) is 1.66. The first-order valence-electron chi connectivity index (χ1n) is 4.39. The lowest BCUT2D eigenvalue weighted by Gasteiger charge is -2.02. The Morgan fingerprint density at radius 1 is 1.69 bits per heavy atom. The second-order valence-electron chi connectivity index (χ2n) is 3.13. The third kappa shape index (κ3) is 2.57. The molecule has 0 aliphatic carbocycles. The Kier molecular flexibility index (Phi) is 3.06. The number of carbonyl (C=O) groups is 1. The van der Waals surface area contributed by atoms with Gasteiger partial charge in [-0.15, -0.1) is 0 Å². The van der Waals surface area contributed by atoms with E-state index >= 15 is 0 Å². The van der Waals surface area contributed by atoms with Crippen LogP contribution in [-0.4, -0.2) is 10.9 Å². The molecule has 0 saturated carbocycles. The maximum absolute atomic E-state index is 11.2. The highest BCUT2D eigenvalue weighted by molar-refractivity contribution is 5.89. The lowest BCUT2D eigenvalue weighted by Crippen LogP contribution is -2.17. The molecule has 0 saturated heterocycles. The molecule has 0 aliphatic rings. The van der Waals surface area contributed by atoms with E-state index < -0.39 is 0 Å². The topological polar surface area (TPSA) is 55.1 Å². The maximum atomic E-state index is 11.2. The van der Waals surface area contributed by atoms with Crippen molar-refractivity contribution < 1.29 is 9.21 Å². The van der Waals surface area contributed by atoms with Crippen LogP contribution in [0.15, 0.2) is 10.6 Å². The highest BCUT2D eigenvalue weighted by Crippen LogP contribution is 2.10. The van der Waals surface area contributed by atoms with E-state index in [1.807, 2.05) is 20.8 Å². The molecule has 72 valence electrons. The molecule has 1 N–H and O–H groups in total. The predicted octanol–water partition coefficient (Wildman–Crippen LogP) is 1.83. The van der Waals surface area contributed by atoms with E-state index in [1.165, 1.54) is 0 Å². The largest absolute Gasteiger partial charge is 0.429 e. The van der Waals surface area contributed by atoms with Gasteiger partial charge in [0, 0.05) is 12.3 Å². The van der Waals surface area contributed by atoms with Gasteiger partial charge >= 0.3 is 6.01 Å². The zero-order valence-corrected chi connectivity index (χ0v) is 8.13. The number of aromatic nitrogens is 1. The maximum Gasteiger partial charge on any atom is 0.301 e. The monoisotopic (exact) mass is 182 g/mol. The molecule has 13 heavy (non-hydrogen) atoms. The van der Waals surface area contributed by atoms with Gasteiger partial charge < -0.3 is 4.42 Å². The van der Waals surface area contributed by atoms with Crippen LogP contribution >= 0.6 is 0 Å². The van der Waals surface area contributed by atoms with E-state index in [4.69, 9.17) is 4.42 Å². The molecule has 0 atom stereocenters. The lowest BCUT2D eigenvalue weighted by atomic mass is 10.2. The molecule has 1 aromatic rings. The number of amides is 1. The van der Waals surface area contributed by atoms with Crippen molar-refractivity contribution in [2.24, 2.45) is 5.92 Å². The van der Waals surface area contributed by atoms with Crippen molar-refractivity contribution in [2.75, 3.05) is 5.32 Å². The zero-order chi connectivity index (χ0) is 9.84. The predicted molar refractivity (Wildman–Crippen MR) is 49.3 cm³/mol. The van der Waals surface area contributed by atoms with Crippen LogP contribution in [0.25, 0.3) is 0 Å². The Balaban J connectivity index is 2.59. The van der Waals surface area contributed by atoms with E-state index in [1.54, 1.807) is 6.20 Å². The number of carbonyl (C=O) groups excluding carboxylic acids is 1. The van der Waals surface area contributed by atoms with E-state index in [0.29, 0.717) is 0 Å². The summed E-state index contributed by atoms with van der Waals surface area (Å²) in [6, 6.07) is 0.288. The van der Waals surface area contributed by atoms with Gasteiger partial charge in [-0.2, -0.15) is 0 Å². The van der Waals surface area contributed by atoms with Crippen molar-refractivity contribution in [3.8, 4) is 0 Å². The Bertz CT molecular complexity index is 292. The average Bonchev–Trinajstić information content (AvgIpc) is 2.52. The minimum Gasteiger partial charge on any atom is -0.429 e. The first-order chi connectivity index (χ1) is 6.13. The van der Waals surface area contributed by atoms with Crippen molar-refractivity contribution in [3.63, 3.8) is 0 Å². The summed E-state index contributed by atoms with van der Waals surface area (Å²) in [6.45, 7) is 5.60. The van der Waals surface area contributed by atoms with E-state index in [9.17, 15) is 4.79 Å². The minimum absolute atomic E-state index is 0.0584. The lowest BCUT2D eigenvalue weighted by molar-refractivity contribution is -0.119. The fourth-order valence-corrected chi connectivity index (χ4v) is 0.778. The summed E-state index contributed by atoms with van der Waals surface area (Å²) in [4.78, 5) is 15.1. The Morgan fingerprint density at radius 2 is 2.38 bits per heavy atom. The number of aryl methyl sites for hydroxylation is 1. The highest BCUT2D eigenvalue weighted by atomic mass is 16.4. The number of rotatable bonds is 3. The first kappa shape index (κ1) is 9.77. The van der Waals surface area contributed by atoms with Crippen LogP contribution in [0.5, 0.6) is 0 Å². The van der Waals surface area contributed by atoms with Gasteiger partial charge in [0.05, 0.1) is 6.20 Å². The van der Waals surface area contributed by atoms with Crippen LogP contribution < -0.4 is 5.32 Å². The summed E-state index contributed by atoms with van der Waals surface area (Å²) < 4.78 is 5.21. The number of hydrogen-bond acceptors (Lipinski definition) is 3. The SMILES string of the molecule is CCc1cnc(NC(=O)C(C)C)o1. The number of nitrogens with zero attached hydrogens (tertiary/aromatic N) is 1. The summed E-state index contributed by atoms with van der Waals surface area (Å²) in [5.41, 5.74) is 0. The molecule has 0 radical (unpaired) electrons. The Labute approximate surface area is 77.3 Å². The summed E-state index contributed by atoms with van der Waals surface area (Å²) in [5.74, 6) is 0.639. The first-order valence-corrected chi connectivity index (χ1v) is 4.39. The van der Waals surface area contributed by atoms with Gasteiger partial charge in [-0.1, -0.05) is 20.8 Å². The van der Waals surface area contributed by atoms with Gasteiger partial charge in [0.1, 0.15) is 5.76 Å². The Morgan fingerprint density at radius 3 is 2.85 bits per heavy atom. The number of anilines is 1. The number of oxazole rings is 1. The van der Waals surface area contributed by atoms with Gasteiger partial charge in [0.15, 0.2) is 0 Å². The molecule has 0 unspecified atom stereocenters. The van der Waals surface area contributed by atoms with Crippen LogP contribution in [0.2, 0.25) is 0 Å². The van der Waals surface area contributed by atoms with Crippen LogP contribution in [0.4, 0.5) is 6.01 Å². The second-order valence-corrected chi connectivity index (χ2v) is 3.13. The molecule has 1 aromatic heterocycles. The Hall–Kier alpha value is -1.32. The zero-order valence-electron chi connectivity index (χ0n) is 8.13. The summed E-state index contributed by atoms with van der Waals surface area (Å²) in [5, 5.41) is 2.58. The fraction of sp³-hybridized carbons (Fsp3) is 0.556. The van der Waals surface area contributed by atoms with E-state index in [-0.39, 0.29) is 17.8 Å². The molecule has 4 nitrogen and oxygen atoms in total. The third-order valence-electron chi connectivity index (χ3n) is 1.66. The van der Waals surface area contributed by atoms with Crippen molar-refractivity contribution in [3.05, 3.63) is 12.0 Å². The van der Waals surface area contributed by atoms with E-state index in [0.717, 1.165) is 12.2 Å². The van der Waals surface area contributed by atoms with Gasteiger partial charge in [-0.05, 0) is 0 Å². The quantitative estimate of drug-likeness (QED) is 0.775. The number of nitrogens with one attached hydrogen (secondary N) is 1. The van der Waals surface area contributed by atoms with E-state index in [2.05, 4.69) is 10.3 Å². The average molecular weight is 182 g/mol. The molecule has 0 bridgehead atoms. The molecular weight excluding hydrogens is 168 g/mol. The standard InChI is InChI=1S/C9H14N2O2/c1-4-7-5-10-9(13-7)11-8(12)6(2)3/h5-6H,4H2,1-3H3,(H,10,11,12). The van der Waals surface area contributed by atoms with Crippen molar-refractivity contribution >= 4 is 11.9 Å². The van der Waals surface area contributed by atoms with Crippen molar-refractivity contribution in [1.29, 1.82) is 0 Å². The van der Waals surface area contributed by atoms with Crippen molar-refractivity contribution in [2.45, 2.75) is 27.2 Å². The van der Waals surface area contributed by atoms with Gasteiger partial charge in [0.2, 0.25) is 5.91 Å². The molecule has 1 amide bonds. The molecule has 0 fully saturated rings. The van der Waals surface area contributed by atoms with Crippen LogP contribution in [-0.2, 0) is 11.2 Å². The molecule has 0 aliphatic heterocycles.